The van der Waals surface area contributed by atoms with Gasteiger partial charge in [-0.3, -0.25) is 0 Å². The molecule has 22 heavy (non-hydrogen) atoms. The van der Waals surface area contributed by atoms with Crippen LogP contribution >= 0.6 is 0 Å². The molecule has 0 amide bonds. The molecule has 0 saturated carbocycles. The van der Waals surface area contributed by atoms with Crippen LogP contribution in [-0.4, -0.2) is 54.2 Å². The van der Waals surface area contributed by atoms with Crippen molar-refractivity contribution in [3.05, 3.63) is 42.4 Å². The van der Waals surface area contributed by atoms with E-state index in [1.807, 2.05) is 24.7 Å². The maximum atomic E-state index is 11.9. The summed E-state index contributed by atoms with van der Waals surface area (Å²) in [4.78, 5) is 4.26. The molecule has 6 nitrogen and oxygen atoms in total. The molecule has 0 spiro atoms. The zero-order valence-electron chi connectivity index (χ0n) is 12.3. The van der Waals surface area contributed by atoms with Crippen LogP contribution in [0, 0.1) is 0 Å². The van der Waals surface area contributed by atoms with Gasteiger partial charge in [0.25, 0.3) is 0 Å². The number of fused-ring (bicyclic) bond motifs is 3. The predicted molar refractivity (Wildman–Crippen MR) is 84.0 cm³/mol. The lowest BCUT2D eigenvalue weighted by Gasteiger charge is -2.36. The Labute approximate surface area is 129 Å². The molecule has 0 bridgehead atoms. The van der Waals surface area contributed by atoms with Gasteiger partial charge >= 0.3 is 0 Å². The van der Waals surface area contributed by atoms with Crippen LogP contribution in [0.15, 0.2) is 36.8 Å². The zero-order chi connectivity index (χ0) is 15.3. The van der Waals surface area contributed by atoms with Crippen LogP contribution in [0.25, 0.3) is 11.3 Å². The number of hydrogen-bond acceptors (Lipinski definition) is 4. The van der Waals surface area contributed by atoms with Gasteiger partial charge in [-0.15, -0.1) is 0 Å². The van der Waals surface area contributed by atoms with Crippen LogP contribution in [0.4, 0.5) is 0 Å². The van der Waals surface area contributed by atoms with Gasteiger partial charge in [0.2, 0.25) is 10.0 Å². The van der Waals surface area contributed by atoms with E-state index in [2.05, 4.69) is 27.0 Å². The maximum absolute atomic E-state index is 11.9. The Kier molecular flexibility index (Phi) is 3.11. The molecule has 2 unspecified atom stereocenters. The first-order chi connectivity index (χ1) is 10.6. The number of benzene rings is 1. The van der Waals surface area contributed by atoms with Gasteiger partial charge in [0.05, 0.1) is 30.5 Å². The first-order valence-electron chi connectivity index (χ1n) is 7.35. The molecular weight excluding hydrogens is 300 g/mol. The third-order valence-corrected chi connectivity index (χ3v) is 5.81. The van der Waals surface area contributed by atoms with Gasteiger partial charge in [-0.1, -0.05) is 24.3 Å². The SMILES string of the molecule is CS(=O)(=O)N1CCNC(C2c3ccccc3-c3cncn32)C1. The summed E-state index contributed by atoms with van der Waals surface area (Å²) in [5.41, 5.74) is 3.51. The molecular formula is C15H18N4O2S. The summed E-state index contributed by atoms with van der Waals surface area (Å²) in [5, 5.41) is 3.48. The normalized spacial score (nSPS) is 25.0. The molecule has 2 aliphatic rings. The third-order valence-electron chi connectivity index (χ3n) is 4.54. The first-order valence-corrected chi connectivity index (χ1v) is 9.20. The van der Waals surface area contributed by atoms with Gasteiger partial charge in [0.1, 0.15) is 0 Å². The molecule has 1 N–H and O–H groups in total. The average Bonchev–Trinajstić information content (AvgIpc) is 3.06. The van der Waals surface area contributed by atoms with E-state index >= 15 is 0 Å². The fourth-order valence-corrected chi connectivity index (χ4v) is 4.40. The fourth-order valence-electron chi connectivity index (χ4n) is 3.55. The van der Waals surface area contributed by atoms with Crippen LogP contribution in [-0.2, 0) is 10.0 Å². The second-order valence-electron chi connectivity index (χ2n) is 5.90. The molecule has 4 rings (SSSR count). The smallest absolute Gasteiger partial charge is 0.211 e. The molecule has 7 heteroatoms. The fraction of sp³-hybridized carbons (Fsp3) is 0.400. The van der Waals surface area contributed by atoms with Gasteiger partial charge in [-0.05, 0) is 5.56 Å². The highest BCUT2D eigenvalue weighted by molar-refractivity contribution is 7.88. The molecule has 1 fully saturated rings. The Morgan fingerprint density at radius 3 is 2.95 bits per heavy atom. The third kappa shape index (κ3) is 2.08. The Morgan fingerprint density at radius 1 is 1.32 bits per heavy atom. The zero-order valence-corrected chi connectivity index (χ0v) is 13.1. The van der Waals surface area contributed by atoms with E-state index in [1.54, 1.807) is 4.31 Å². The molecule has 2 aliphatic heterocycles. The highest BCUT2D eigenvalue weighted by atomic mass is 32.2. The van der Waals surface area contributed by atoms with Crippen molar-refractivity contribution in [3.63, 3.8) is 0 Å². The van der Waals surface area contributed by atoms with Crippen LogP contribution in [0.5, 0.6) is 0 Å². The van der Waals surface area contributed by atoms with Crippen molar-refractivity contribution in [2.45, 2.75) is 12.1 Å². The Bertz CT molecular complexity index is 814. The van der Waals surface area contributed by atoms with Crippen LogP contribution in [0.1, 0.15) is 11.6 Å². The summed E-state index contributed by atoms with van der Waals surface area (Å²) in [5.74, 6) is 0. The topological polar surface area (TPSA) is 67.2 Å². The quantitative estimate of drug-likeness (QED) is 0.884. The molecule has 0 aliphatic carbocycles. The molecule has 2 atom stereocenters. The van der Waals surface area contributed by atoms with E-state index in [-0.39, 0.29) is 12.1 Å². The van der Waals surface area contributed by atoms with Gasteiger partial charge in [-0.25, -0.2) is 13.4 Å². The van der Waals surface area contributed by atoms with Crippen LogP contribution in [0.3, 0.4) is 0 Å². The first kappa shape index (κ1) is 13.9. The number of piperazine rings is 1. The Balaban J connectivity index is 1.74. The molecule has 2 aromatic rings. The largest absolute Gasteiger partial charge is 0.321 e. The summed E-state index contributed by atoms with van der Waals surface area (Å²) >= 11 is 0. The van der Waals surface area contributed by atoms with Crippen molar-refractivity contribution < 1.29 is 8.42 Å². The van der Waals surface area contributed by atoms with Crippen molar-refractivity contribution >= 4 is 10.0 Å². The van der Waals surface area contributed by atoms with Gasteiger partial charge < -0.3 is 9.88 Å². The summed E-state index contributed by atoms with van der Waals surface area (Å²) in [6, 6.07) is 8.39. The summed E-state index contributed by atoms with van der Waals surface area (Å²) < 4.78 is 27.4. The van der Waals surface area contributed by atoms with Crippen molar-refractivity contribution in [1.82, 2.24) is 19.2 Å². The van der Waals surface area contributed by atoms with Crippen LogP contribution in [0.2, 0.25) is 0 Å². The molecule has 3 heterocycles. The minimum atomic E-state index is -3.16. The Morgan fingerprint density at radius 2 is 2.14 bits per heavy atom. The van der Waals surface area contributed by atoms with E-state index in [9.17, 15) is 8.42 Å². The van der Waals surface area contributed by atoms with Gasteiger partial charge in [-0.2, -0.15) is 4.31 Å². The second-order valence-corrected chi connectivity index (χ2v) is 7.88. The maximum Gasteiger partial charge on any atom is 0.211 e. The van der Waals surface area contributed by atoms with E-state index < -0.39 is 10.0 Å². The van der Waals surface area contributed by atoms with Crippen LogP contribution < -0.4 is 5.32 Å². The average molecular weight is 318 g/mol. The molecule has 0 radical (unpaired) electrons. The standard InChI is InChI=1S/C15H18N4O2S/c1-22(20,21)18-7-6-17-13(9-18)15-12-5-3-2-4-11(12)14-8-16-10-19(14)15/h2-5,8,10,13,15,17H,6-7,9H2,1H3. The number of rotatable bonds is 2. The summed E-state index contributed by atoms with van der Waals surface area (Å²) in [7, 11) is -3.16. The van der Waals surface area contributed by atoms with Crippen molar-refractivity contribution in [2.24, 2.45) is 0 Å². The molecule has 1 aromatic heterocycles. The van der Waals surface area contributed by atoms with E-state index in [0.29, 0.717) is 19.6 Å². The molecule has 116 valence electrons. The second kappa shape index (κ2) is 4.91. The number of sulfonamides is 1. The lowest BCUT2D eigenvalue weighted by atomic mass is 9.96. The van der Waals surface area contributed by atoms with Crippen molar-refractivity contribution in [1.29, 1.82) is 0 Å². The molecule has 1 saturated heterocycles. The Hall–Kier alpha value is -1.70. The number of nitrogens with one attached hydrogen (secondary N) is 1. The number of hydrogen-bond donors (Lipinski definition) is 1. The molecule has 1 aromatic carbocycles. The summed E-state index contributed by atoms with van der Waals surface area (Å²) in [6.07, 6.45) is 4.98. The van der Waals surface area contributed by atoms with E-state index in [4.69, 9.17) is 0 Å². The highest BCUT2D eigenvalue weighted by Gasteiger charge is 2.37. The van der Waals surface area contributed by atoms with Gasteiger partial charge in [0.15, 0.2) is 0 Å². The monoisotopic (exact) mass is 318 g/mol. The summed E-state index contributed by atoms with van der Waals surface area (Å²) in [6.45, 7) is 1.68. The number of aromatic nitrogens is 2. The van der Waals surface area contributed by atoms with E-state index in [1.165, 1.54) is 17.4 Å². The highest BCUT2D eigenvalue weighted by Crippen LogP contribution is 2.41. The number of nitrogens with zero attached hydrogens (tertiary/aromatic N) is 3. The van der Waals surface area contributed by atoms with Crippen molar-refractivity contribution in [3.8, 4) is 11.3 Å². The van der Waals surface area contributed by atoms with E-state index in [0.717, 1.165) is 5.69 Å². The van der Waals surface area contributed by atoms with Gasteiger partial charge in [0, 0.05) is 31.2 Å². The van der Waals surface area contributed by atoms with Crippen molar-refractivity contribution in [2.75, 3.05) is 25.9 Å². The minimum absolute atomic E-state index is 0.0417. The minimum Gasteiger partial charge on any atom is -0.321 e. The lowest BCUT2D eigenvalue weighted by molar-refractivity contribution is 0.262. The predicted octanol–water partition coefficient (Wildman–Crippen LogP) is 0.686. The number of imidazole rings is 1. The lowest BCUT2D eigenvalue weighted by Crippen LogP contribution is -2.55.